The van der Waals surface area contributed by atoms with Gasteiger partial charge < -0.3 is 21.1 Å². The number of nitrogens with one attached hydrogen (secondary N) is 2. The second kappa shape index (κ2) is 5.05. The standard InChI is InChI=1S/C13H20N4O2/c1-13(2)7-16-6-10(13)19-9-4-8(12(18)15-3)5-17-11(9)14/h4-5,10,16H,6-7H2,1-3H3,(H2,14,17)(H,15,18). The Bertz CT molecular complexity index is 488. The van der Waals surface area contributed by atoms with Crippen LogP contribution in [0.2, 0.25) is 0 Å². The molecule has 6 nitrogen and oxygen atoms in total. The lowest BCUT2D eigenvalue weighted by Crippen LogP contribution is -2.33. The maximum atomic E-state index is 11.6. The highest BCUT2D eigenvalue weighted by atomic mass is 16.5. The Hall–Kier alpha value is -1.82. The summed E-state index contributed by atoms with van der Waals surface area (Å²) in [6.45, 7) is 5.91. The SMILES string of the molecule is CNC(=O)c1cnc(N)c(OC2CNCC2(C)C)c1. The number of anilines is 1. The average Bonchev–Trinajstić information content (AvgIpc) is 2.70. The molecular formula is C13H20N4O2. The average molecular weight is 264 g/mol. The molecule has 0 bridgehead atoms. The third kappa shape index (κ3) is 2.78. The minimum atomic E-state index is -0.207. The Labute approximate surface area is 112 Å². The minimum Gasteiger partial charge on any atom is -0.485 e. The molecule has 1 atom stereocenters. The van der Waals surface area contributed by atoms with E-state index in [2.05, 4.69) is 29.5 Å². The van der Waals surface area contributed by atoms with E-state index >= 15 is 0 Å². The first-order valence-corrected chi connectivity index (χ1v) is 6.29. The van der Waals surface area contributed by atoms with Crippen molar-refractivity contribution in [3.05, 3.63) is 17.8 Å². The quantitative estimate of drug-likeness (QED) is 0.735. The van der Waals surface area contributed by atoms with Crippen LogP contribution in [-0.4, -0.2) is 37.1 Å². The van der Waals surface area contributed by atoms with Gasteiger partial charge in [-0.2, -0.15) is 0 Å². The van der Waals surface area contributed by atoms with Gasteiger partial charge in [-0.3, -0.25) is 4.79 Å². The van der Waals surface area contributed by atoms with Crippen LogP contribution >= 0.6 is 0 Å². The fourth-order valence-electron chi connectivity index (χ4n) is 2.09. The number of pyridine rings is 1. The molecule has 1 aliphatic rings. The number of carbonyl (C=O) groups excluding carboxylic acids is 1. The summed E-state index contributed by atoms with van der Waals surface area (Å²) >= 11 is 0. The normalized spacial score (nSPS) is 21.1. The molecule has 2 heterocycles. The molecule has 2 rings (SSSR count). The van der Waals surface area contributed by atoms with Crippen LogP contribution in [0.4, 0.5) is 5.82 Å². The van der Waals surface area contributed by atoms with Gasteiger partial charge in [0.1, 0.15) is 6.10 Å². The van der Waals surface area contributed by atoms with E-state index < -0.39 is 0 Å². The number of nitrogens with zero attached hydrogens (tertiary/aromatic N) is 1. The van der Waals surface area contributed by atoms with Crippen LogP contribution in [0.15, 0.2) is 12.3 Å². The fraction of sp³-hybridized carbons (Fsp3) is 0.538. The van der Waals surface area contributed by atoms with E-state index in [1.807, 2.05) is 0 Å². The molecule has 0 saturated carbocycles. The molecular weight excluding hydrogens is 244 g/mol. The number of rotatable bonds is 3. The molecule has 1 aromatic rings. The van der Waals surface area contributed by atoms with Crippen molar-refractivity contribution in [2.24, 2.45) is 5.41 Å². The van der Waals surface area contributed by atoms with Crippen molar-refractivity contribution < 1.29 is 9.53 Å². The summed E-state index contributed by atoms with van der Waals surface area (Å²) in [5.41, 5.74) is 6.27. The minimum absolute atomic E-state index is 0.0107. The molecule has 1 unspecified atom stereocenters. The third-order valence-corrected chi connectivity index (χ3v) is 3.42. The largest absolute Gasteiger partial charge is 0.485 e. The number of aromatic nitrogens is 1. The van der Waals surface area contributed by atoms with Gasteiger partial charge in [0, 0.05) is 31.7 Å². The first-order valence-electron chi connectivity index (χ1n) is 6.29. The van der Waals surface area contributed by atoms with Gasteiger partial charge in [0.2, 0.25) is 0 Å². The number of nitrogens with two attached hydrogens (primary N) is 1. The van der Waals surface area contributed by atoms with Crippen molar-refractivity contribution in [2.75, 3.05) is 25.9 Å². The van der Waals surface area contributed by atoms with E-state index in [0.717, 1.165) is 13.1 Å². The van der Waals surface area contributed by atoms with Gasteiger partial charge >= 0.3 is 0 Å². The van der Waals surface area contributed by atoms with E-state index in [-0.39, 0.29) is 17.4 Å². The molecule has 6 heteroatoms. The number of ether oxygens (including phenoxy) is 1. The van der Waals surface area contributed by atoms with Gasteiger partial charge in [-0.15, -0.1) is 0 Å². The van der Waals surface area contributed by atoms with E-state index in [9.17, 15) is 4.79 Å². The Morgan fingerprint density at radius 3 is 2.95 bits per heavy atom. The summed E-state index contributed by atoms with van der Waals surface area (Å²) in [5, 5.41) is 5.84. The van der Waals surface area contributed by atoms with E-state index in [0.29, 0.717) is 17.1 Å². The molecule has 19 heavy (non-hydrogen) atoms. The number of amides is 1. The maximum absolute atomic E-state index is 11.6. The van der Waals surface area contributed by atoms with Gasteiger partial charge in [0.25, 0.3) is 5.91 Å². The smallest absolute Gasteiger partial charge is 0.252 e. The monoisotopic (exact) mass is 264 g/mol. The second-order valence-electron chi connectivity index (χ2n) is 5.41. The van der Waals surface area contributed by atoms with Gasteiger partial charge in [-0.05, 0) is 6.07 Å². The van der Waals surface area contributed by atoms with Gasteiger partial charge in [-0.25, -0.2) is 4.98 Å². The molecule has 0 aliphatic carbocycles. The van der Waals surface area contributed by atoms with Crippen LogP contribution in [0.3, 0.4) is 0 Å². The summed E-state index contributed by atoms with van der Waals surface area (Å²) in [6.07, 6.45) is 1.45. The summed E-state index contributed by atoms with van der Waals surface area (Å²) < 4.78 is 5.93. The first-order chi connectivity index (χ1) is 8.94. The summed E-state index contributed by atoms with van der Waals surface area (Å²) in [5.74, 6) is 0.555. The lowest BCUT2D eigenvalue weighted by molar-refractivity contribution is 0.0960. The number of hydrogen-bond acceptors (Lipinski definition) is 5. The van der Waals surface area contributed by atoms with Crippen LogP contribution in [0.1, 0.15) is 24.2 Å². The number of carbonyl (C=O) groups is 1. The molecule has 0 radical (unpaired) electrons. The zero-order valence-electron chi connectivity index (χ0n) is 11.5. The van der Waals surface area contributed by atoms with E-state index in [1.165, 1.54) is 6.20 Å². The Kier molecular flexibility index (Phi) is 3.61. The predicted molar refractivity (Wildman–Crippen MR) is 73.1 cm³/mol. The van der Waals surface area contributed by atoms with Crippen molar-refractivity contribution in [3.63, 3.8) is 0 Å². The number of hydrogen-bond donors (Lipinski definition) is 3. The molecule has 1 saturated heterocycles. The highest BCUT2D eigenvalue weighted by molar-refractivity contribution is 5.94. The topological polar surface area (TPSA) is 89.3 Å². The zero-order valence-corrected chi connectivity index (χ0v) is 11.5. The van der Waals surface area contributed by atoms with Crippen LogP contribution in [0.5, 0.6) is 5.75 Å². The van der Waals surface area contributed by atoms with Gasteiger partial charge in [-0.1, -0.05) is 13.8 Å². The lowest BCUT2D eigenvalue weighted by Gasteiger charge is -2.26. The van der Waals surface area contributed by atoms with Crippen molar-refractivity contribution in [1.29, 1.82) is 0 Å². The molecule has 0 aromatic carbocycles. The maximum Gasteiger partial charge on any atom is 0.252 e. The van der Waals surface area contributed by atoms with Gasteiger partial charge in [0.05, 0.1) is 5.56 Å². The molecule has 104 valence electrons. The van der Waals surface area contributed by atoms with Crippen molar-refractivity contribution >= 4 is 11.7 Å². The molecule has 1 fully saturated rings. The second-order valence-corrected chi connectivity index (χ2v) is 5.41. The molecule has 1 aliphatic heterocycles. The number of nitrogen functional groups attached to an aromatic ring is 1. The Morgan fingerprint density at radius 1 is 1.63 bits per heavy atom. The summed E-state index contributed by atoms with van der Waals surface area (Å²) in [6, 6.07) is 1.63. The fourth-order valence-corrected chi connectivity index (χ4v) is 2.09. The lowest BCUT2D eigenvalue weighted by atomic mass is 9.90. The van der Waals surface area contributed by atoms with Crippen LogP contribution < -0.4 is 21.1 Å². The highest BCUT2D eigenvalue weighted by Crippen LogP contribution is 2.30. The zero-order chi connectivity index (χ0) is 14.0. The predicted octanol–water partition coefficient (Wildman–Crippen LogP) is 0.400. The van der Waals surface area contributed by atoms with E-state index in [4.69, 9.17) is 10.5 Å². The first kappa shape index (κ1) is 13.6. The van der Waals surface area contributed by atoms with Crippen molar-refractivity contribution in [1.82, 2.24) is 15.6 Å². The van der Waals surface area contributed by atoms with Crippen molar-refractivity contribution in [2.45, 2.75) is 20.0 Å². The van der Waals surface area contributed by atoms with E-state index in [1.54, 1.807) is 13.1 Å². The summed E-state index contributed by atoms with van der Waals surface area (Å²) in [7, 11) is 1.57. The summed E-state index contributed by atoms with van der Waals surface area (Å²) in [4.78, 5) is 15.6. The molecule has 1 amide bonds. The van der Waals surface area contributed by atoms with Crippen LogP contribution in [0, 0.1) is 5.41 Å². The third-order valence-electron chi connectivity index (χ3n) is 3.42. The molecule has 0 spiro atoms. The highest BCUT2D eigenvalue weighted by Gasteiger charge is 2.36. The van der Waals surface area contributed by atoms with Crippen molar-refractivity contribution in [3.8, 4) is 5.75 Å². The Morgan fingerprint density at radius 2 is 2.37 bits per heavy atom. The Balaban J connectivity index is 2.22. The van der Waals surface area contributed by atoms with Crippen LogP contribution in [0.25, 0.3) is 0 Å². The molecule has 1 aromatic heterocycles. The van der Waals surface area contributed by atoms with Crippen LogP contribution in [-0.2, 0) is 0 Å². The molecule has 4 N–H and O–H groups in total. The van der Waals surface area contributed by atoms with Gasteiger partial charge in [0.15, 0.2) is 11.6 Å².